The van der Waals surface area contributed by atoms with E-state index in [9.17, 15) is 0 Å². The predicted molar refractivity (Wildman–Crippen MR) is 66.6 cm³/mol. The Kier molecular flexibility index (Phi) is 5.30. The Morgan fingerprint density at radius 1 is 1.50 bits per heavy atom. The van der Waals surface area contributed by atoms with Gasteiger partial charge in [0.1, 0.15) is 18.8 Å². The van der Waals surface area contributed by atoms with Gasteiger partial charge in [0.25, 0.3) is 3.70 Å². The third kappa shape index (κ3) is 2.99. The van der Waals surface area contributed by atoms with Crippen LogP contribution in [0.5, 0.6) is 0 Å². The molecule has 0 unspecified atom stereocenters. The van der Waals surface area contributed by atoms with E-state index in [4.69, 9.17) is 0 Å². The summed E-state index contributed by atoms with van der Waals surface area (Å²) in [6, 6.07) is 1.87. The molecule has 1 aromatic heterocycles. The second-order valence-corrected chi connectivity index (χ2v) is 4.07. The topological polar surface area (TPSA) is 30.0 Å². The maximum atomic E-state index is 4.29. The summed E-state index contributed by atoms with van der Waals surface area (Å²) in [5.74, 6) is 3.97. The van der Waals surface area contributed by atoms with Crippen LogP contribution in [0.3, 0.4) is 0 Å². The number of H-pyrrole nitrogens is 1. The minimum absolute atomic E-state index is 0. The summed E-state index contributed by atoms with van der Waals surface area (Å²) in [7, 11) is 1.97. The summed E-state index contributed by atoms with van der Waals surface area (Å²) in [6.45, 7) is 0. The molecule has 1 aliphatic rings. The molecular weight excluding hydrogens is 428 g/mol. The number of hydrogen-bond acceptors (Lipinski definition) is 1. The first-order chi connectivity index (χ1) is 7.29. The Bertz CT molecular complexity index is 497. The smallest absolute Gasteiger partial charge is 0.335 e. The molecule has 0 fully saturated rings. The summed E-state index contributed by atoms with van der Waals surface area (Å²) in [5.41, 5.74) is 1.07. The highest BCUT2D eigenvalue weighted by atomic mass is 127. The summed E-state index contributed by atoms with van der Waals surface area (Å²) in [5, 5.41) is 0. The molecule has 1 aromatic rings. The highest BCUT2D eigenvalue weighted by Crippen LogP contribution is 2.21. The van der Waals surface area contributed by atoms with Crippen LogP contribution in [-0.2, 0) is 0 Å². The van der Waals surface area contributed by atoms with Crippen LogP contribution < -0.4 is 29.0 Å². The quantitative estimate of drug-likeness (QED) is 0.297. The molecule has 0 amide bonds. The first-order valence-corrected chi connectivity index (χ1v) is 5.59. The average molecular weight is 438 g/mol. The predicted octanol–water partition coefficient (Wildman–Crippen LogP) is -1.56. The van der Waals surface area contributed by atoms with Gasteiger partial charge in [-0.25, -0.2) is 4.98 Å². The summed E-state index contributed by atoms with van der Waals surface area (Å²) in [6.07, 6.45) is 9.51. The number of nitrogens with one attached hydrogen (secondary N) is 1. The van der Waals surface area contributed by atoms with Gasteiger partial charge in [0.2, 0.25) is 0 Å². The molecule has 16 heavy (non-hydrogen) atoms. The van der Waals surface area contributed by atoms with Crippen molar-refractivity contribution in [1.82, 2.24) is 4.98 Å². The molecule has 0 atom stereocenters. The first-order valence-electron chi connectivity index (χ1n) is 4.51. The van der Waals surface area contributed by atoms with Crippen molar-refractivity contribution in [3.8, 4) is 0 Å². The van der Waals surface area contributed by atoms with Crippen molar-refractivity contribution in [1.29, 1.82) is 0 Å². The molecule has 2 heterocycles. The molecule has 0 aliphatic carbocycles. The van der Waals surface area contributed by atoms with E-state index >= 15 is 0 Å². The van der Waals surface area contributed by atoms with E-state index in [1.165, 1.54) is 0 Å². The van der Waals surface area contributed by atoms with Crippen molar-refractivity contribution in [2.45, 2.75) is 0 Å². The number of hydrogen-bond donors (Lipinski definition) is 0. The number of halogens is 2. The minimum Gasteiger partial charge on any atom is -1.00 e. The van der Waals surface area contributed by atoms with Gasteiger partial charge in [-0.1, -0.05) is 0 Å². The monoisotopic (exact) mass is 438 g/mol. The summed E-state index contributed by atoms with van der Waals surface area (Å²) in [4.78, 5) is 7.41. The van der Waals surface area contributed by atoms with Crippen LogP contribution in [0.1, 0.15) is 5.82 Å². The van der Waals surface area contributed by atoms with Crippen molar-refractivity contribution in [3.63, 3.8) is 0 Å². The molecule has 0 radical (unpaired) electrons. The Morgan fingerprint density at radius 2 is 2.31 bits per heavy atom. The number of allylic oxidation sites excluding steroid dienone is 4. The largest absolute Gasteiger partial charge is 1.00 e. The minimum atomic E-state index is 0. The van der Waals surface area contributed by atoms with Crippen LogP contribution in [0, 0.1) is 0 Å². The van der Waals surface area contributed by atoms with E-state index in [1.54, 1.807) is 6.20 Å². The zero-order chi connectivity index (χ0) is 10.7. The van der Waals surface area contributed by atoms with Crippen molar-refractivity contribution in [2.24, 2.45) is 0 Å². The lowest BCUT2D eigenvalue weighted by Crippen LogP contribution is -3.00. The van der Waals surface area contributed by atoms with Gasteiger partial charge < -0.3 is 24.0 Å². The molecule has 2 rings (SSSR count). The molecule has 0 saturated carbocycles. The Hall–Kier alpha value is -0.530. The molecular formula is C11H10I2N3+. The molecule has 3 nitrogen and oxygen atoms in total. The van der Waals surface area contributed by atoms with Gasteiger partial charge in [0.05, 0.1) is 6.20 Å². The van der Waals surface area contributed by atoms with E-state index < -0.39 is 0 Å². The zero-order valence-corrected chi connectivity index (χ0v) is 12.9. The third-order valence-corrected chi connectivity index (χ3v) is 3.31. The van der Waals surface area contributed by atoms with E-state index in [1.807, 2.05) is 42.1 Å². The second kappa shape index (κ2) is 6.27. The third-order valence-electron chi connectivity index (χ3n) is 2.01. The Morgan fingerprint density at radius 3 is 3.00 bits per heavy atom. The Balaban J connectivity index is 0.00000128. The van der Waals surface area contributed by atoms with Crippen LogP contribution in [0.2, 0.25) is 0 Å². The molecule has 0 spiro atoms. The fourth-order valence-corrected chi connectivity index (χ4v) is 1.83. The molecule has 82 valence electrons. The second-order valence-electron chi connectivity index (χ2n) is 3.05. The van der Waals surface area contributed by atoms with E-state index in [-0.39, 0.29) is 24.0 Å². The molecule has 0 saturated heterocycles. The standard InChI is InChI=1S/C11H9IN3.HI/c1-15-8-3-2-5-9(10(15)12)11-13-6-4-7-14-11;/h2-7H,1H3;1H/q+1;. The van der Waals surface area contributed by atoms with Gasteiger partial charge in [-0.3, -0.25) is 0 Å². The maximum Gasteiger partial charge on any atom is 0.335 e. The van der Waals surface area contributed by atoms with Crippen LogP contribution in [0.15, 0.2) is 40.4 Å². The number of nitrogens with zero attached hydrogens (tertiary/aromatic N) is 2. The van der Waals surface area contributed by atoms with Crippen molar-refractivity contribution in [2.75, 3.05) is 7.05 Å². The van der Waals surface area contributed by atoms with Gasteiger partial charge in [0, 0.05) is 34.7 Å². The summed E-state index contributed by atoms with van der Waals surface area (Å²) >= 11 is 2.28. The van der Waals surface area contributed by atoms with Crippen molar-refractivity contribution >= 4 is 34.0 Å². The maximum absolute atomic E-state index is 4.29. The van der Waals surface area contributed by atoms with Crippen molar-refractivity contribution < 1.29 is 33.5 Å². The van der Waals surface area contributed by atoms with Crippen LogP contribution in [-0.4, -0.2) is 22.5 Å². The lowest BCUT2D eigenvalue weighted by Gasteiger charge is -1.93. The van der Waals surface area contributed by atoms with Gasteiger partial charge in [-0.05, 0) is 17.1 Å². The number of aromatic nitrogens is 2. The van der Waals surface area contributed by atoms with E-state index in [0.717, 1.165) is 15.1 Å². The van der Waals surface area contributed by atoms with Crippen LogP contribution in [0.4, 0.5) is 0 Å². The van der Waals surface area contributed by atoms with Crippen LogP contribution in [0.25, 0.3) is 5.57 Å². The fourth-order valence-electron chi connectivity index (χ4n) is 1.25. The number of rotatable bonds is 1. The lowest BCUT2D eigenvalue weighted by molar-refractivity contribution is -0.419. The average Bonchev–Trinajstić information content (AvgIpc) is 2.44. The van der Waals surface area contributed by atoms with Crippen LogP contribution >= 0.6 is 22.6 Å². The lowest BCUT2D eigenvalue weighted by atomic mass is 10.2. The molecule has 0 bridgehead atoms. The molecule has 1 aliphatic heterocycles. The molecule has 1 N–H and O–H groups in total. The highest BCUT2D eigenvalue weighted by molar-refractivity contribution is 14.1. The molecule has 5 heteroatoms. The SMILES string of the molecule is C[N+]1=C=CC=CC(c2nccc[nH+]2)=C1I.[I-]. The normalized spacial score (nSPS) is 14.2. The molecule has 0 aromatic carbocycles. The summed E-state index contributed by atoms with van der Waals surface area (Å²) < 4.78 is 3.03. The van der Waals surface area contributed by atoms with Gasteiger partial charge in [-0.2, -0.15) is 0 Å². The van der Waals surface area contributed by atoms with E-state index in [2.05, 4.69) is 38.4 Å². The fraction of sp³-hybridized carbons (Fsp3) is 0.0909. The highest BCUT2D eigenvalue weighted by Gasteiger charge is 2.20. The number of aromatic amines is 1. The van der Waals surface area contributed by atoms with Crippen molar-refractivity contribution in [3.05, 3.63) is 46.2 Å². The van der Waals surface area contributed by atoms with Gasteiger partial charge in [0.15, 0.2) is 5.87 Å². The van der Waals surface area contributed by atoms with E-state index in [0.29, 0.717) is 0 Å². The first kappa shape index (κ1) is 13.5. The van der Waals surface area contributed by atoms with Gasteiger partial charge in [-0.15, -0.1) is 4.58 Å². The zero-order valence-electron chi connectivity index (χ0n) is 8.61. The van der Waals surface area contributed by atoms with Gasteiger partial charge >= 0.3 is 5.82 Å². The Labute approximate surface area is 125 Å².